The van der Waals surface area contributed by atoms with E-state index < -0.39 is 22.5 Å². The maximum atomic E-state index is 12.5. The number of ether oxygens (including phenoxy) is 2. The summed E-state index contributed by atoms with van der Waals surface area (Å²) >= 11 is 5.79. The van der Waals surface area contributed by atoms with Crippen molar-refractivity contribution in [2.24, 2.45) is 5.10 Å². The first-order valence-corrected chi connectivity index (χ1v) is 11.5. The van der Waals surface area contributed by atoms with Gasteiger partial charge in [0.15, 0.2) is 11.5 Å². The number of carbonyl (C=O) groups excluding carboxylic acids is 1. The highest BCUT2D eigenvalue weighted by Crippen LogP contribution is 2.28. The number of hydrogen-bond donors (Lipinski definition) is 1. The van der Waals surface area contributed by atoms with Crippen molar-refractivity contribution in [3.05, 3.63) is 53.1 Å². The predicted molar refractivity (Wildman–Crippen MR) is 120 cm³/mol. The summed E-state index contributed by atoms with van der Waals surface area (Å²) in [6.07, 6.45) is 2.32. The molecule has 0 bridgehead atoms. The molecule has 0 heterocycles. The van der Waals surface area contributed by atoms with Crippen LogP contribution in [0, 0.1) is 0 Å². The van der Waals surface area contributed by atoms with Crippen LogP contribution in [0.3, 0.4) is 0 Å². The lowest BCUT2D eigenvalue weighted by Crippen LogP contribution is -2.36. The van der Waals surface area contributed by atoms with E-state index >= 15 is 0 Å². The molecule has 2 rings (SSSR count). The molecule has 0 saturated carbocycles. The number of nitrogens with one attached hydrogen (secondary N) is 1. The first-order chi connectivity index (χ1) is 14.8. The number of sulfonamides is 1. The topological polar surface area (TPSA) is 97.3 Å². The Bertz CT molecular complexity index is 1010. The molecule has 10 heteroatoms. The number of likely N-dealkylation sites (N-methyl/N-ethyl adjacent to an activating group) is 1. The number of rotatable bonds is 11. The molecular formula is C21H26ClN3O5S. The number of halogens is 1. The van der Waals surface area contributed by atoms with Crippen molar-refractivity contribution < 1.29 is 22.7 Å². The molecule has 0 unspecified atom stereocenters. The Morgan fingerprint density at radius 1 is 1.13 bits per heavy atom. The second-order valence-corrected chi connectivity index (χ2v) is 8.98. The molecule has 1 amide bonds. The van der Waals surface area contributed by atoms with Crippen molar-refractivity contribution in [2.75, 3.05) is 26.8 Å². The Morgan fingerprint density at radius 2 is 1.84 bits per heavy atom. The van der Waals surface area contributed by atoms with Gasteiger partial charge in [0, 0.05) is 12.1 Å². The third-order valence-corrected chi connectivity index (χ3v) is 6.09. The molecular weight excluding hydrogens is 442 g/mol. The molecule has 2 aromatic rings. The Hall–Kier alpha value is -2.62. The third kappa shape index (κ3) is 7.23. The molecule has 0 radical (unpaired) electrons. The maximum absolute atomic E-state index is 12.5. The van der Waals surface area contributed by atoms with Gasteiger partial charge in [0.2, 0.25) is 10.0 Å². The van der Waals surface area contributed by atoms with E-state index in [4.69, 9.17) is 21.1 Å². The Balaban J connectivity index is 1.98. The molecule has 0 aromatic heterocycles. The molecule has 0 atom stereocenters. The molecule has 0 fully saturated rings. The van der Waals surface area contributed by atoms with Crippen LogP contribution < -0.4 is 14.9 Å². The van der Waals surface area contributed by atoms with E-state index in [-0.39, 0.29) is 4.90 Å². The minimum atomic E-state index is -3.82. The summed E-state index contributed by atoms with van der Waals surface area (Å²) < 4.78 is 37.2. The number of carbonyl (C=O) groups is 1. The van der Waals surface area contributed by atoms with Crippen LogP contribution in [0.4, 0.5) is 0 Å². The number of hydrogen-bond acceptors (Lipinski definition) is 6. The van der Waals surface area contributed by atoms with Crippen LogP contribution in [-0.4, -0.2) is 51.7 Å². The van der Waals surface area contributed by atoms with Crippen molar-refractivity contribution in [1.82, 2.24) is 9.73 Å². The van der Waals surface area contributed by atoms with Crippen LogP contribution >= 0.6 is 11.6 Å². The summed E-state index contributed by atoms with van der Waals surface area (Å²) in [5.74, 6) is 0.642. The van der Waals surface area contributed by atoms with Crippen molar-refractivity contribution in [3.63, 3.8) is 0 Å². The largest absolute Gasteiger partial charge is 0.490 e. The van der Waals surface area contributed by atoms with Crippen LogP contribution in [0.2, 0.25) is 5.02 Å². The molecule has 0 saturated heterocycles. The van der Waals surface area contributed by atoms with Gasteiger partial charge in [-0.05, 0) is 61.4 Å². The van der Waals surface area contributed by atoms with Gasteiger partial charge in [-0.25, -0.2) is 13.8 Å². The molecule has 0 aliphatic heterocycles. The Labute approximate surface area is 187 Å². The van der Waals surface area contributed by atoms with Gasteiger partial charge in [0.05, 0.1) is 30.9 Å². The van der Waals surface area contributed by atoms with E-state index in [0.29, 0.717) is 35.3 Å². The van der Waals surface area contributed by atoms with Gasteiger partial charge >= 0.3 is 0 Å². The van der Waals surface area contributed by atoms with E-state index in [1.54, 1.807) is 18.2 Å². The lowest BCUT2D eigenvalue weighted by atomic mass is 10.2. The summed E-state index contributed by atoms with van der Waals surface area (Å²) in [6, 6.07) is 11.0. The monoisotopic (exact) mass is 467 g/mol. The van der Waals surface area contributed by atoms with E-state index in [1.165, 1.54) is 37.5 Å². The fraction of sp³-hybridized carbons (Fsp3) is 0.333. The van der Waals surface area contributed by atoms with Crippen molar-refractivity contribution >= 4 is 33.7 Å². The molecule has 31 heavy (non-hydrogen) atoms. The highest BCUT2D eigenvalue weighted by Gasteiger charge is 2.22. The zero-order valence-electron chi connectivity index (χ0n) is 17.7. The second kappa shape index (κ2) is 11.7. The van der Waals surface area contributed by atoms with Gasteiger partial charge in [0.1, 0.15) is 0 Å². The molecule has 0 spiro atoms. The summed E-state index contributed by atoms with van der Waals surface area (Å²) in [5, 5.41) is 4.32. The third-order valence-electron chi connectivity index (χ3n) is 4.02. The van der Waals surface area contributed by atoms with Crippen molar-refractivity contribution in [1.29, 1.82) is 0 Å². The average molecular weight is 468 g/mol. The van der Waals surface area contributed by atoms with Crippen LogP contribution in [-0.2, 0) is 14.8 Å². The first-order valence-electron chi connectivity index (χ1n) is 9.71. The molecule has 1 N–H and O–H groups in total. The Kier molecular flexibility index (Phi) is 9.29. The standard InChI is InChI=1S/C21H26ClN3O5S/c1-4-12-30-19-11-6-16(13-20(19)29-5-2)14-23-24-21(26)15-25(3)31(27,28)18-9-7-17(22)8-10-18/h6-11,13-14H,4-5,12,15H2,1-3H3,(H,24,26). The molecule has 168 valence electrons. The number of amides is 1. The number of hydrazone groups is 1. The minimum absolute atomic E-state index is 0.0459. The number of nitrogens with zero attached hydrogens (tertiary/aromatic N) is 2. The van der Waals surface area contributed by atoms with Gasteiger partial charge in [0.25, 0.3) is 5.91 Å². The van der Waals surface area contributed by atoms with Gasteiger partial charge in [-0.3, -0.25) is 4.79 Å². The van der Waals surface area contributed by atoms with Crippen LogP contribution in [0.15, 0.2) is 52.5 Å². The molecule has 0 aliphatic carbocycles. The maximum Gasteiger partial charge on any atom is 0.255 e. The number of benzene rings is 2. The smallest absolute Gasteiger partial charge is 0.255 e. The molecule has 2 aromatic carbocycles. The van der Waals surface area contributed by atoms with Crippen LogP contribution in [0.1, 0.15) is 25.8 Å². The quantitative estimate of drug-likeness (QED) is 0.404. The van der Waals surface area contributed by atoms with Crippen LogP contribution in [0.25, 0.3) is 0 Å². The highest BCUT2D eigenvalue weighted by atomic mass is 35.5. The fourth-order valence-corrected chi connectivity index (χ4v) is 3.75. The molecule has 0 aliphatic rings. The predicted octanol–water partition coefficient (Wildman–Crippen LogP) is 3.30. The van der Waals surface area contributed by atoms with Crippen LogP contribution in [0.5, 0.6) is 11.5 Å². The van der Waals surface area contributed by atoms with Gasteiger partial charge in [-0.2, -0.15) is 9.41 Å². The zero-order chi connectivity index (χ0) is 22.9. The van der Waals surface area contributed by atoms with E-state index in [1.807, 2.05) is 13.8 Å². The summed E-state index contributed by atoms with van der Waals surface area (Å²) in [4.78, 5) is 12.2. The van der Waals surface area contributed by atoms with E-state index in [2.05, 4.69) is 10.5 Å². The van der Waals surface area contributed by atoms with Crippen molar-refractivity contribution in [3.8, 4) is 11.5 Å². The first kappa shape index (κ1) is 24.6. The second-order valence-electron chi connectivity index (χ2n) is 6.50. The molecule has 8 nitrogen and oxygen atoms in total. The SMILES string of the molecule is CCCOc1ccc(C=NNC(=O)CN(C)S(=O)(=O)c2ccc(Cl)cc2)cc1OCC. The van der Waals surface area contributed by atoms with Gasteiger partial charge < -0.3 is 9.47 Å². The van der Waals surface area contributed by atoms with Gasteiger partial charge in [-0.1, -0.05) is 18.5 Å². The highest BCUT2D eigenvalue weighted by molar-refractivity contribution is 7.89. The minimum Gasteiger partial charge on any atom is -0.490 e. The normalized spacial score (nSPS) is 11.6. The summed E-state index contributed by atoms with van der Waals surface area (Å²) in [5.41, 5.74) is 3.02. The zero-order valence-corrected chi connectivity index (χ0v) is 19.2. The average Bonchev–Trinajstić information content (AvgIpc) is 2.73. The van der Waals surface area contributed by atoms with E-state index in [9.17, 15) is 13.2 Å². The summed E-state index contributed by atoms with van der Waals surface area (Å²) in [7, 11) is -2.50. The van der Waals surface area contributed by atoms with Gasteiger partial charge in [-0.15, -0.1) is 0 Å². The summed E-state index contributed by atoms with van der Waals surface area (Å²) in [6.45, 7) is 4.56. The van der Waals surface area contributed by atoms with Crippen molar-refractivity contribution in [2.45, 2.75) is 25.2 Å². The lowest BCUT2D eigenvalue weighted by Gasteiger charge is -2.16. The Morgan fingerprint density at radius 3 is 2.48 bits per heavy atom. The lowest BCUT2D eigenvalue weighted by molar-refractivity contribution is -0.121. The fourth-order valence-electron chi connectivity index (χ4n) is 2.49. The van der Waals surface area contributed by atoms with E-state index in [0.717, 1.165) is 10.7 Å².